The minimum Gasteiger partial charge on any atom is -0.368 e. The van der Waals surface area contributed by atoms with Gasteiger partial charge in [-0.1, -0.05) is 13.8 Å². The van der Waals surface area contributed by atoms with Gasteiger partial charge >= 0.3 is 0 Å². The van der Waals surface area contributed by atoms with Crippen LogP contribution in [0.15, 0.2) is 11.4 Å². The number of carbonyl (C=O) groups is 1. The Hall–Kier alpha value is -0.870. The SMILES string of the molecule is CC(C)CNC1(C(N)=O)CCCc2sccc21. The van der Waals surface area contributed by atoms with Crippen LogP contribution in [0.5, 0.6) is 0 Å². The van der Waals surface area contributed by atoms with Crippen LogP contribution in [0.4, 0.5) is 0 Å². The number of carbonyl (C=O) groups excluding carboxylic acids is 1. The van der Waals surface area contributed by atoms with Crippen molar-refractivity contribution in [2.24, 2.45) is 11.7 Å². The fourth-order valence-corrected chi connectivity index (χ4v) is 3.47. The second-order valence-corrected chi connectivity index (χ2v) is 6.16. The molecule has 17 heavy (non-hydrogen) atoms. The molecular weight excluding hydrogens is 232 g/mol. The van der Waals surface area contributed by atoms with E-state index in [1.165, 1.54) is 4.88 Å². The molecule has 1 aliphatic rings. The Morgan fingerprint density at radius 1 is 1.65 bits per heavy atom. The van der Waals surface area contributed by atoms with Gasteiger partial charge in [-0.25, -0.2) is 0 Å². The summed E-state index contributed by atoms with van der Waals surface area (Å²) >= 11 is 1.73. The van der Waals surface area contributed by atoms with E-state index in [1.54, 1.807) is 11.3 Å². The summed E-state index contributed by atoms with van der Waals surface area (Å²) in [5.41, 5.74) is 6.15. The van der Waals surface area contributed by atoms with Crippen molar-refractivity contribution in [2.45, 2.75) is 38.6 Å². The molecule has 1 unspecified atom stereocenters. The van der Waals surface area contributed by atoms with E-state index >= 15 is 0 Å². The molecule has 0 fully saturated rings. The molecule has 1 atom stereocenters. The summed E-state index contributed by atoms with van der Waals surface area (Å²) in [5.74, 6) is 0.271. The monoisotopic (exact) mass is 252 g/mol. The van der Waals surface area contributed by atoms with Gasteiger partial charge in [0.2, 0.25) is 5.91 Å². The number of rotatable bonds is 4. The molecule has 3 nitrogen and oxygen atoms in total. The number of hydrogen-bond acceptors (Lipinski definition) is 3. The first-order valence-electron chi connectivity index (χ1n) is 6.18. The van der Waals surface area contributed by atoms with Crippen LogP contribution in [0.25, 0.3) is 0 Å². The molecule has 0 saturated heterocycles. The quantitative estimate of drug-likeness (QED) is 0.861. The van der Waals surface area contributed by atoms with Crippen LogP contribution in [0.3, 0.4) is 0 Å². The van der Waals surface area contributed by atoms with Gasteiger partial charge in [0.1, 0.15) is 5.54 Å². The zero-order valence-electron chi connectivity index (χ0n) is 10.5. The normalized spacial score (nSPS) is 23.7. The fourth-order valence-electron chi connectivity index (χ4n) is 2.47. The standard InChI is InChI=1S/C13H20N2OS/c1-9(2)8-15-13(12(14)16)6-3-4-11-10(13)5-7-17-11/h5,7,9,15H,3-4,6,8H2,1-2H3,(H2,14,16). The average Bonchev–Trinajstić information content (AvgIpc) is 2.74. The Balaban J connectivity index is 2.33. The summed E-state index contributed by atoms with van der Waals surface area (Å²) in [6.07, 6.45) is 2.92. The van der Waals surface area contributed by atoms with E-state index in [0.717, 1.165) is 31.4 Å². The largest absolute Gasteiger partial charge is 0.368 e. The number of fused-ring (bicyclic) bond motifs is 1. The Morgan fingerprint density at radius 3 is 3.06 bits per heavy atom. The Morgan fingerprint density at radius 2 is 2.41 bits per heavy atom. The van der Waals surface area contributed by atoms with Gasteiger partial charge in [-0.05, 0) is 48.7 Å². The molecule has 0 radical (unpaired) electrons. The third kappa shape index (κ3) is 2.24. The molecule has 1 aromatic heterocycles. The Labute approximate surface area is 106 Å². The van der Waals surface area contributed by atoms with E-state index in [-0.39, 0.29) is 5.91 Å². The number of nitrogens with one attached hydrogen (secondary N) is 1. The fraction of sp³-hybridized carbons (Fsp3) is 0.615. The van der Waals surface area contributed by atoms with Gasteiger partial charge in [0.05, 0.1) is 0 Å². The molecule has 1 amide bonds. The van der Waals surface area contributed by atoms with Crippen LogP contribution in [-0.2, 0) is 16.8 Å². The number of amides is 1. The van der Waals surface area contributed by atoms with E-state index in [0.29, 0.717) is 5.92 Å². The van der Waals surface area contributed by atoms with Crippen LogP contribution >= 0.6 is 11.3 Å². The average molecular weight is 252 g/mol. The van der Waals surface area contributed by atoms with Gasteiger partial charge in [-0.3, -0.25) is 10.1 Å². The highest BCUT2D eigenvalue weighted by Crippen LogP contribution is 2.38. The molecule has 0 saturated carbocycles. The lowest BCUT2D eigenvalue weighted by Gasteiger charge is -2.36. The highest BCUT2D eigenvalue weighted by Gasteiger charge is 2.42. The van der Waals surface area contributed by atoms with Crippen molar-refractivity contribution in [2.75, 3.05) is 6.54 Å². The highest BCUT2D eigenvalue weighted by molar-refractivity contribution is 7.10. The first kappa shape index (κ1) is 12.6. The molecule has 0 aromatic carbocycles. The molecule has 4 heteroatoms. The minimum absolute atomic E-state index is 0.238. The van der Waals surface area contributed by atoms with Gasteiger partial charge in [0.15, 0.2) is 0 Å². The molecule has 1 heterocycles. The van der Waals surface area contributed by atoms with Crippen LogP contribution in [0, 0.1) is 5.92 Å². The molecule has 0 aliphatic heterocycles. The zero-order valence-corrected chi connectivity index (χ0v) is 11.3. The van der Waals surface area contributed by atoms with Crippen LogP contribution in [0.1, 0.15) is 37.1 Å². The van der Waals surface area contributed by atoms with E-state index < -0.39 is 5.54 Å². The van der Waals surface area contributed by atoms with Crippen molar-refractivity contribution < 1.29 is 4.79 Å². The third-order valence-electron chi connectivity index (χ3n) is 3.39. The molecule has 1 aliphatic carbocycles. The minimum atomic E-state index is -0.627. The Kier molecular flexibility index (Phi) is 3.54. The summed E-state index contributed by atoms with van der Waals surface area (Å²) < 4.78 is 0. The number of hydrogen-bond donors (Lipinski definition) is 2. The van der Waals surface area contributed by atoms with E-state index in [1.807, 2.05) is 0 Å². The summed E-state index contributed by atoms with van der Waals surface area (Å²) in [7, 11) is 0. The molecule has 3 N–H and O–H groups in total. The maximum Gasteiger partial charge on any atom is 0.242 e. The van der Waals surface area contributed by atoms with Crippen molar-refractivity contribution in [1.29, 1.82) is 0 Å². The summed E-state index contributed by atoms with van der Waals surface area (Å²) in [6, 6.07) is 2.05. The lowest BCUT2D eigenvalue weighted by Crippen LogP contribution is -2.55. The predicted octanol–water partition coefficient (Wildman–Crippen LogP) is 2.01. The summed E-state index contributed by atoms with van der Waals surface area (Å²) in [5, 5.41) is 5.47. The number of primary amides is 1. The van der Waals surface area contributed by atoms with Gasteiger partial charge in [-0.2, -0.15) is 0 Å². The maximum absolute atomic E-state index is 11.9. The first-order chi connectivity index (χ1) is 8.06. The predicted molar refractivity (Wildman–Crippen MR) is 71.0 cm³/mol. The van der Waals surface area contributed by atoms with Gasteiger partial charge < -0.3 is 5.73 Å². The topological polar surface area (TPSA) is 55.1 Å². The van der Waals surface area contributed by atoms with Crippen LogP contribution < -0.4 is 11.1 Å². The third-order valence-corrected chi connectivity index (χ3v) is 4.37. The van der Waals surface area contributed by atoms with Crippen molar-refractivity contribution in [3.8, 4) is 0 Å². The second-order valence-electron chi connectivity index (χ2n) is 5.16. The van der Waals surface area contributed by atoms with Gasteiger partial charge in [0, 0.05) is 4.88 Å². The van der Waals surface area contributed by atoms with E-state index in [2.05, 4.69) is 30.6 Å². The molecule has 94 valence electrons. The van der Waals surface area contributed by atoms with Crippen molar-refractivity contribution in [3.05, 3.63) is 21.9 Å². The Bertz CT molecular complexity index is 413. The van der Waals surface area contributed by atoms with Gasteiger partial charge in [0.25, 0.3) is 0 Å². The van der Waals surface area contributed by atoms with Crippen molar-refractivity contribution in [3.63, 3.8) is 0 Å². The maximum atomic E-state index is 11.9. The lowest BCUT2D eigenvalue weighted by molar-refractivity contribution is -0.125. The van der Waals surface area contributed by atoms with Crippen molar-refractivity contribution in [1.82, 2.24) is 5.32 Å². The highest BCUT2D eigenvalue weighted by atomic mass is 32.1. The molecule has 0 spiro atoms. The van der Waals surface area contributed by atoms with Crippen molar-refractivity contribution >= 4 is 17.2 Å². The van der Waals surface area contributed by atoms with E-state index in [9.17, 15) is 4.79 Å². The second kappa shape index (κ2) is 4.78. The van der Waals surface area contributed by atoms with Gasteiger partial charge in [-0.15, -0.1) is 11.3 Å². The molecule has 1 aromatic rings. The molecule has 0 bridgehead atoms. The first-order valence-corrected chi connectivity index (χ1v) is 7.06. The molecule has 2 rings (SSSR count). The lowest BCUT2D eigenvalue weighted by atomic mass is 9.79. The molecular formula is C13H20N2OS. The van der Waals surface area contributed by atoms with Crippen LogP contribution in [-0.4, -0.2) is 12.5 Å². The van der Waals surface area contributed by atoms with Crippen LogP contribution in [0.2, 0.25) is 0 Å². The number of aryl methyl sites for hydroxylation is 1. The number of thiophene rings is 1. The van der Waals surface area contributed by atoms with E-state index in [4.69, 9.17) is 5.73 Å². The summed E-state index contributed by atoms with van der Waals surface area (Å²) in [6.45, 7) is 5.09. The number of nitrogens with two attached hydrogens (primary N) is 1. The zero-order chi connectivity index (χ0) is 12.5. The smallest absolute Gasteiger partial charge is 0.242 e. The summed E-state index contributed by atoms with van der Waals surface area (Å²) in [4.78, 5) is 13.2.